The summed E-state index contributed by atoms with van der Waals surface area (Å²) in [4.78, 5) is 6.43. The van der Waals surface area contributed by atoms with Gasteiger partial charge in [-0.05, 0) is 31.2 Å². The molecule has 0 N–H and O–H groups in total. The third-order valence-electron chi connectivity index (χ3n) is 2.71. The summed E-state index contributed by atoms with van der Waals surface area (Å²) in [6.45, 7) is 4.03. The zero-order valence-corrected chi connectivity index (χ0v) is 10.4. The highest BCUT2D eigenvalue weighted by atomic mass is 15.1. The van der Waals surface area contributed by atoms with Gasteiger partial charge in [0.05, 0.1) is 0 Å². The molecule has 1 aromatic carbocycles. The Bertz CT molecular complexity index is 465. The van der Waals surface area contributed by atoms with Crippen LogP contribution in [0.2, 0.25) is 0 Å². The maximum Gasteiger partial charge on any atom is 0.0312 e. The molecule has 2 aromatic rings. The number of hydrogen-bond acceptors (Lipinski definition) is 2. The van der Waals surface area contributed by atoms with Crippen LogP contribution in [0, 0.1) is 6.92 Å². The molecule has 0 aliphatic carbocycles. The summed E-state index contributed by atoms with van der Waals surface area (Å²) in [7, 11) is 2.13. The van der Waals surface area contributed by atoms with Gasteiger partial charge in [-0.25, -0.2) is 0 Å². The molecule has 0 radical (unpaired) electrons. The fraction of sp³-hybridized carbons (Fsp3) is 0.267. The van der Waals surface area contributed by atoms with Crippen molar-refractivity contribution in [3.05, 3.63) is 65.5 Å². The van der Waals surface area contributed by atoms with Gasteiger partial charge in [0.25, 0.3) is 0 Å². The van der Waals surface area contributed by atoms with Gasteiger partial charge in [0.15, 0.2) is 0 Å². The molecule has 0 unspecified atom stereocenters. The van der Waals surface area contributed by atoms with E-state index in [-0.39, 0.29) is 0 Å². The fourth-order valence-corrected chi connectivity index (χ4v) is 1.98. The van der Waals surface area contributed by atoms with Crippen LogP contribution in [0.1, 0.15) is 16.7 Å². The maximum absolute atomic E-state index is 4.13. The lowest BCUT2D eigenvalue weighted by atomic mass is 10.1. The minimum absolute atomic E-state index is 0.932. The number of aryl methyl sites for hydroxylation is 1. The molecule has 0 amide bonds. The first-order valence-electron chi connectivity index (χ1n) is 5.87. The predicted octanol–water partition coefficient (Wildman–Crippen LogP) is 3.02. The van der Waals surface area contributed by atoms with Crippen LogP contribution >= 0.6 is 0 Å². The second-order valence-electron chi connectivity index (χ2n) is 4.52. The maximum atomic E-state index is 4.13. The zero-order valence-electron chi connectivity index (χ0n) is 10.4. The lowest BCUT2D eigenvalue weighted by molar-refractivity contribution is 0.318. The van der Waals surface area contributed by atoms with E-state index in [1.165, 1.54) is 16.7 Å². The van der Waals surface area contributed by atoms with Gasteiger partial charge in [-0.2, -0.15) is 0 Å². The van der Waals surface area contributed by atoms with Crippen LogP contribution in [0.15, 0.2) is 48.8 Å². The Labute approximate surface area is 103 Å². The monoisotopic (exact) mass is 226 g/mol. The highest BCUT2D eigenvalue weighted by Crippen LogP contribution is 2.09. The lowest BCUT2D eigenvalue weighted by Crippen LogP contribution is -2.17. The van der Waals surface area contributed by atoms with E-state index in [0.29, 0.717) is 0 Å². The van der Waals surface area contributed by atoms with Crippen molar-refractivity contribution in [2.24, 2.45) is 0 Å². The molecular formula is C15H18N2. The summed E-state index contributed by atoms with van der Waals surface area (Å²) in [5.74, 6) is 0. The molecule has 0 atom stereocenters. The molecule has 0 aliphatic heterocycles. The molecule has 0 spiro atoms. The van der Waals surface area contributed by atoms with Crippen molar-refractivity contribution in [1.29, 1.82) is 0 Å². The third kappa shape index (κ3) is 3.68. The van der Waals surface area contributed by atoms with Crippen molar-refractivity contribution in [2.45, 2.75) is 20.0 Å². The first kappa shape index (κ1) is 11.8. The van der Waals surface area contributed by atoms with Crippen LogP contribution in [0.3, 0.4) is 0 Å². The molecule has 2 rings (SSSR count). The van der Waals surface area contributed by atoms with Crippen molar-refractivity contribution in [2.75, 3.05) is 7.05 Å². The van der Waals surface area contributed by atoms with E-state index in [4.69, 9.17) is 0 Å². The molecule has 0 fully saturated rings. The van der Waals surface area contributed by atoms with Crippen LogP contribution < -0.4 is 0 Å². The number of nitrogens with zero attached hydrogens (tertiary/aromatic N) is 2. The van der Waals surface area contributed by atoms with Crippen molar-refractivity contribution >= 4 is 0 Å². The summed E-state index contributed by atoms with van der Waals surface area (Å²) >= 11 is 0. The van der Waals surface area contributed by atoms with Gasteiger partial charge in [0.1, 0.15) is 0 Å². The molecule has 1 heterocycles. The molecule has 17 heavy (non-hydrogen) atoms. The Morgan fingerprint density at radius 1 is 1.06 bits per heavy atom. The van der Waals surface area contributed by atoms with Crippen molar-refractivity contribution in [3.8, 4) is 0 Å². The molecule has 0 bridgehead atoms. The van der Waals surface area contributed by atoms with E-state index in [1.807, 2.05) is 18.5 Å². The fourth-order valence-electron chi connectivity index (χ4n) is 1.98. The van der Waals surface area contributed by atoms with Gasteiger partial charge < -0.3 is 0 Å². The Morgan fingerprint density at radius 3 is 2.53 bits per heavy atom. The van der Waals surface area contributed by atoms with E-state index in [0.717, 1.165) is 13.1 Å². The van der Waals surface area contributed by atoms with Crippen LogP contribution in [-0.4, -0.2) is 16.9 Å². The standard InChI is InChI=1S/C15H18N2/c1-13-5-3-6-14(9-13)11-17(2)12-15-7-4-8-16-10-15/h3-10H,11-12H2,1-2H3. The highest BCUT2D eigenvalue weighted by Gasteiger charge is 2.01. The first-order chi connectivity index (χ1) is 8.24. The summed E-state index contributed by atoms with van der Waals surface area (Å²) in [6.07, 6.45) is 3.73. The topological polar surface area (TPSA) is 16.1 Å². The van der Waals surface area contributed by atoms with E-state index in [2.05, 4.69) is 54.2 Å². The SMILES string of the molecule is Cc1cccc(CN(C)Cc2cccnc2)c1. The molecule has 1 aromatic heterocycles. The number of pyridine rings is 1. The normalized spacial score (nSPS) is 10.8. The zero-order chi connectivity index (χ0) is 12.1. The number of rotatable bonds is 4. The van der Waals surface area contributed by atoms with Gasteiger partial charge in [-0.3, -0.25) is 9.88 Å². The summed E-state index contributed by atoms with van der Waals surface area (Å²) < 4.78 is 0. The average Bonchev–Trinajstić information content (AvgIpc) is 2.30. The first-order valence-corrected chi connectivity index (χ1v) is 5.87. The van der Waals surface area contributed by atoms with Crippen LogP contribution in [0.4, 0.5) is 0 Å². The summed E-state index contributed by atoms with van der Waals surface area (Å²) in [6, 6.07) is 12.7. The van der Waals surface area contributed by atoms with Crippen molar-refractivity contribution < 1.29 is 0 Å². The molecule has 88 valence electrons. The van der Waals surface area contributed by atoms with Crippen LogP contribution in [-0.2, 0) is 13.1 Å². The molecule has 0 aliphatic rings. The molecule has 2 nitrogen and oxygen atoms in total. The second kappa shape index (κ2) is 5.60. The quantitative estimate of drug-likeness (QED) is 0.796. The number of aromatic nitrogens is 1. The van der Waals surface area contributed by atoms with Crippen LogP contribution in [0.5, 0.6) is 0 Å². The molecule has 2 heteroatoms. The average molecular weight is 226 g/mol. The van der Waals surface area contributed by atoms with Gasteiger partial charge in [0.2, 0.25) is 0 Å². The van der Waals surface area contributed by atoms with Gasteiger partial charge in [-0.15, -0.1) is 0 Å². The Kier molecular flexibility index (Phi) is 3.89. The molecular weight excluding hydrogens is 208 g/mol. The lowest BCUT2D eigenvalue weighted by Gasteiger charge is -2.16. The molecule has 0 saturated heterocycles. The number of benzene rings is 1. The van der Waals surface area contributed by atoms with E-state index < -0.39 is 0 Å². The van der Waals surface area contributed by atoms with Crippen molar-refractivity contribution in [3.63, 3.8) is 0 Å². The second-order valence-corrected chi connectivity index (χ2v) is 4.52. The largest absolute Gasteiger partial charge is 0.298 e. The minimum Gasteiger partial charge on any atom is -0.298 e. The number of hydrogen-bond donors (Lipinski definition) is 0. The van der Waals surface area contributed by atoms with Gasteiger partial charge in [-0.1, -0.05) is 35.9 Å². The highest BCUT2D eigenvalue weighted by molar-refractivity contribution is 5.22. The van der Waals surface area contributed by atoms with Crippen molar-refractivity contribution in [1.82, 2.24) is 9.88 Å². The molecule has 0 saturated carbocycles. The van der Waals surface area contributed by atoms with Gasteiger partial charge >= 0.3 is 0 Å². The van der Waals surface area contributed by atoms with E-state index >= 15 is 0 Å². The third-order valence-corrected chi connectivity index (χ3v) is 2.71. The summed E-state index contributed by atoms with van der Waals surface area (Å²) in [5, 5.41) is 0. The Balaban J connectivity index is 1.96. The van der Waals surface area contributed by atoms with Gasteiger partial charge in [0, 0.05) is 25.5 Å². The van der Waals surface area contributed by atoms with Crippen LogP contribution in [0.25, 0.3) is 0 Å². The Morgan fingerprint density at radius 2 is 1.82 bits per heavy atom. The smallest absolute Gasteiger partial charge is 0.0312 e. The van der Waals surface area contributed by atoms with E-state index in [1.54, 1.807) is 0 Å². The summed E-state index contributed by atoms with van der Waals surface area (Å²) in [5.41, 5.74) is 3.93. The van der Waals surface area contributed by atoms with E-state index in [9.17, 15) is 0 Å². The Hall–Kier alpha value is -1.67. The predicted molar refractivity (Wildman–Crippen MR) is 70.6 cm³/mol. The minimum atomic E-state index is 0.932.